The SMILES string of the molecule is CCCCCCCC/C=C/CCCCCCCCCCCCCC(=O)OCC(O)COP(=O)(O)OCCNC(=O)CCCCCCCCCCCCCCCCCCCCCCCCC. The average Bonchev–Trinajstić information content (AvgIpc) is 3.29. The molecule has 2 unspecified atom stereocenters. The zero-order valence-corrected chi connectivity index (χ0v) is 43.9. The molecule has 10 heteroatoms. The highest BCUT2D eigenvalue weighted by molar-refractivity contribution is 7.47. The predicted octanol–water partition coefficient (Wildman–Crippen LogP) is 16.9. The first kappa shape index (κ1) is 63.8. The minimum atomic E-state index is -4.42. The van der Waals surface area contributed by atoms with Gasteiger partial charge in [-0.15, -0.1) is 0 Å². The van der Waals surface area contributed by atoms with E-state index in [2.05, 4.69) is 31.3 Å². The number of esters is 1. The fraction of sp³-hybridized carbons (Fsp3) is 0.927. The van der Waals surface area contributed by atoms with E-state index < -0.39 is 26.5 Å². The first-order valence-corrected chi connectivity index (χ1v) is 29.7. The number of carbonyl (C=O) groups is 2. The fourth-order valence-electron chi connectivity index (χ4n) is 8.44. The largest absolute Gasteiger partial charge is 0.472 e. The molecule has 0 rings (SSSR count). The number of aliphatic hydroxyl groups excluding tert-OH is 1. The Hall–Kier alpha value is -1.25. The van der Waals surface area contributed by atoms with Gasteiger partial charge in [0.15, 0.2) is 0 Å². The van der Waals surface area contributed by atoms with Crippen LogP contribution in [-0.2, 0) is 27.9 Å². The molecule has 2 atom stereocenters. The number of phosphoric acid groups is 1. The zero-order valence-electron chi connectivity index (χ0n) is 43.0. The van der Waals surface area contributed by atoms with Crippen LogP contribution in [0.3, 0.4) is 0 Å². The van der Waals surface area contributed by atoms with Gasteiger partial charge in [-0.2, -0.15) is 0 Å². The van der Waals surface area contributed by atoms with Crippen LogP contribution in [0.5, 0.6) is 0 Å². The Balaban J connectivity index is 3.49. The van der Waals surface area contributed by atoms with Gasteiger partial charge < -0.3 is 20.1 Å². The van der Waals surface area contributed by atoms with Crippen LogP contribution in [0.1, 0.15) is 296 Å². The van der Waals surface area contributed by atoms with Crippen molar-refractivity contribution in [3.63, 3.8) is 0 Å². The van der Waals surface area contributed by atoms with Crippen molar-refractivity contribution < 1.29 is 37.9 Å². The van der Waals surface area contributed by atoms with Crippen molar-refractivity contribution in [1.29, 1.82) is 0 Å². The number of nitrogens with one attached hydrogen (secondary N) is 1. The number of hydrogen-bond acceptors (Lipinski definition) is 7. The molecule has 9 nitrogen and oxygen atoms in total. The van der Waals surface area contributed by atoms with Gasteiger partial charge in [-0.25, -0.2) is 4.57 Å². The molecule has 0 aromatic rings. The molecule has 0 aliphatic carbocycles. The van der Waals surface area contributed by atoms with Gasteiger partial charge in [0.05, 0.1) is 13.2 Å². The van der Waals surface area contributed by atoms with Crippen molar-refractivity contribution in [3.05, 3.63) is 12.2 Å². The Bertz CT molecular complexity index is 1070. The van der Waals surface area contributed by atoms with Crippen LogP contribution in [0.15, 0.2) is 12.2 Å². The molecule has 3 N–H and O–H groups in total. The number of aliphatic hydroxyl groups is 1. The molecule has 0 aromatic heterocycles. The van der Waals surface area contributed by atoms with Crippen LogP contribution in [-0.4, -0.2) is 54.3 Å². The van der Waals surface area contributed by atoms with Crippen molar-refractivity contribution in [2.45, 2.75) is 302 Å². The van der Waals surface area contributed by atoms with Crippen molar-refractivity contribution in [2.75, 3.05) is 26.4 Å². The normalized spacial score (nSPS) is 13.1. The van der Waals surface area contributed by atoms with E-state index in [0.29, 0.717) is 6.42 Å². The van der Waals surface area contributed by atoms with E-state index in [1.807, 2.05) is 0 Å². The number of ether oxygens (including phenoxy) is 1. The zero-order chi connectivity index (χ0) is 47.4. The van der Waals surface area contributed by atoms with Gasteiger partial charge >= 0.3 is 13.8 Å². The van der Waals surface area contributed by atoms with Crippen LogP contribution < -0.4 is 5.32 Å². The molecule has 0 bridgehead atoms. The average molecular weight is 942 g/mol. The minimum absolute atomic E-state index is 0.0874. The summed E-state index contributed by atoms with van der Waals surface area (Å²) in [6.45, 7) is 3.62. The smallest absolute Gasteiger partial charge is 0.463 e. The third-order valence-electron chi connectivity index (χ3n) is 12.7. The third-order valence-corrected chi connectivity index (χ3v) is 13.7. The Morgan fingerprint density at radius 3 is 1.15 bits per heavy atom. The number of hydrogen-bond donors (Lipinski definition) is 3. The molecule has 0 heterocycles. The number of unbranched alkanes of at least 4 members (excludes halogenated alkanes) is 39. The summed E-state index contributed by atoms with van der Waals surface area (Å²) in [5.41, 5.74) is 0. The minimum Gasteiger partial charge on any atom is -0.463 e. The molecule has 0 saturated heterocycles. The third kappa shape index (κ3) is 53.6. The molecular formula is C55H108NO8P. The fourth-order valence-corrected chi connectivity index (χ4v) is 9.20. The van der Waals surface area contributed by atoms with Gasteiger partial charge in [0.1, 0.15) is 12.7 Å². The Labute approximate surface area is 402 Å². The molecule has 0 aromatic carbocycles. The lowest BCUT2D eigenvalue weighted by Gasteiger charge is -2.15. The van der Waals surface area contributed by atoms with E-state index in [-0.39, 0.29) is 32.1 Å². The predicted molar refractivity (Wildman–Crippen MR) is 275 cm³/mol. The Morgan fingerprint density at radius 2 is 0.785 bits per heavy atom. The van der Waals surface area contributed by atoms with Gasteiger partial charge in [0.2, 0.25) is 5.91 Å². The summed E-state index contributed by atoms with van der Waals surface area (Å²) in [6.07, 6.45) is 58.8. The maximum absolute atomic E-state index is 12.2. The monoisotopic (exact) mass is 942 g/mol. The number of rotatable bonds is 54. The summed E-state index contributed by atoms with van der Waals surface area (Å²) in [7, 11) is -4.42. The molecule has 0 aliphatic rings. The summed E-state index contributed by atoms with van der Waals surface area (Å²) >= 11 is 0. The van der Waals surface area contributed by atoms with Gasteiger partial charge in [0, 0.05) is 19.4 Å². The van der Waals surface area contributed by atoms with Crippen LogP contribution >= 0.6 is 7.82 Å². The summed E-state index contributed by atoms with van der Waals surface area (Å²) in [4.78, 5) is 34.1. The number of phosphoric ester groups is 1. The molecule has 65 heavy (non-hydrogen) atoms. The number of carbonyl (C=O) groups excluding carboxylic acids is 2. The van der Waals surface area contributed by atoms with E-state index in [9.17, 15) is 24.2 Å². The molecule has 386 valence electrons. The maximum atomic E-state index is 12.2. The molecule has 0 radical (unpaired) electrons. The van der Waals surface area contributed by atoms with E-state index in [4.69, 9.17) is 13.8 Å². The molecular weight excluding hydrogens is 834 g/mol. The van der Waals surface area contributed by atoms with Crippen molar-refractivity contribution in [3.8, 4) is 0 Å². The Morgan fingerprint density at radius 1 is 0.462 bits per heavy atom. The standard InChI is InChI=1S/C55H108NO8P/c1-3-5-7-9-11-13-15-17-19-21-23-25-26-28-29-31-33-35-37-39-41-43-45-47-54(58)56-49-50-63-65(60,61)64-52-53(57)51-62-55(59)48-46-44-42-40-38-36-34-32-30-27-24-22-20-18-16-14-12-10-8-6-4-2/h18,20,53,57H,3-17,19,21-52H2,1-2H3,(H,56,58)(H,60,61)/b20-18+. The van der Waals surface area contributed by atoms with Gasteiger partial charge in [-0.3, -0.25) is 18.6 Å². The van der Waals surface area contributed by atoms with E-state index in [1.165, 1.54) is 231 Å². The summed E-state index contributed by atoms with van der Waals surface area (Å²) < 4.78 is 27.1. The molecule has 0 fully saturated rings. The Kier molecular flexibility index (Phi) is 51.1. The van der Waals surface area contributed by atoms with Gasteiger partial charge in [-0.1, -0.05) is 257 Å². The summed E-state index contributed by atoms with van der Waals surface area (Å²) in [5.74, 6) is -0.500. The first-order valence-electron chi connectivity index (χ1n) is 28.2. The summed E-state index contributed by atoms with van der Waals surface area (Å²) in [6, 6.07) is 0. The van der Waals surface area contributed by atoms with Crippen molar-refractivity contribution in [1.82, 2.24) is 5.32 Å². The maximum Gasteiger partial charge on any atom is 0.472 e. The second kappa shape index (κ2) is 52.1. The second-order valence-corrected chi connectivity index (χ2v) is 20.7. The lowest BCUT2D eigenvalue weighted by molar-refractivity contribution is -0.147. The quantitative estimate of drug-likeness (QED) is 0.0238. The molecule has 0 aliphatic heterocycles. The lowest BCUT2D eigenvalue weighted by Crippen LogP contribution is -2.27. The van der Waals surface area contributed by atoms with Crippen molar-refractivity contribution in [2.24, 2.45) is 0 Å². The van der Waals surface area contributed by atoms with E-state index in [0.717, 1.165) is 38.5 Å². The number of amides is 1. The highest BCUT2D eigenvalue weighted by Gasteiger charge is 2.23. The van der Waals surface area contributed by atoms with E-state index in [1.54, 1.807) is 0 Å². The van der Waals surface area contributed by atoms with Gasteiger partial charge in [0.25, 0.3) is 0 Å². The van der Waals surface area contributed by atoms with E-state index >= 15 is 0 Å². The van der Waals surface area contributed by atoms with Crippen LogP contribution in [0.25, 0.3) is 0 Å². The molecule has 0 saturated carbocycles. The second-order valence-electron chi connectivity index (χ2n) is 19.3. The van der Waals surface area contributed by atoms with Crippen LogP contribution in [0.2, 0.25) is 0 Å². The van der Waals surface area contributed by atoms with Gasteiger partial charge in [-0.05, 0) is 38.5 Å². The number of allylic oxidation sites excluding steroid dienone is 2. The highest BCUT2D eigenvalue weighted by atomic mass is 31.2. The molecule has 0 spiro atoms. The van der Waals surface area contributed by atoms with Crippen LogP contribution in [0.4, 0.5) is 0 Å². The van der Waals surface area contributed by atoms with Crippen molar-refractivity contribution >= 4 is 19.7 Å². The highest BCUT2D eigenvalue weighted by Crippen LogP contribution is 2.42. The first-order chi connectivity index (χ1) is 31.8. The molecule has 1 amide bonds. The summed E-state index contributed by atoms with van der Waals surface area (Å²) in [5, 5.41) is 12.8. The lowest BCUT2D eigenvalue weighted by atomic mass is 10.0. The topological polar surface area (TPSA) is 131 Å². The van der Waals surface area contributed by atoms with Crippen LogP contribution in [0, 0.1) is 0 Å².